The van der Waals surface area contributed by atoms with Crippen molar-refractivity contribution in [2.24, 2.45) is 0 Å². The molecule has 3 amide bonds. The first-order valence-electron chi connectivity index (χ1n) is 39.3. The van der Waals surface area contributed by atoms with E-state index in [2.05, 4.69) is 164 Å². The van der Waals surface area contributed by atoms with Crippen LogP contribution in [-0.2, 0) is 14.4 Å². The lowest BCUT2D eigenvalue weighted by molar-refractivity contribution is -0.118. The molecule has 3 saturated heterocycles. The van der Waals surface area contributed by atoms with Crippen LogP contribution in [-0.4, -0.2) is 96.3 Å². The lowest BCUT2D eigenvalue weighted by Crippen LogP contribution is -2.32. The Hall–Kier alpha value is -11.6. The standard InChI is InChI=1S/C27H23N3O.C21H24N4O2.2C20H22N4O2/c1-16-25(17(2)31-30-16)20-14-23(26-24(15-20)28-27(29-26)19-12-13-19)22-11-7-6-10-21(22)18-8-4-3-5-9-18;1-4-15-7-8-18(26)25(15)17-10-14(19-11(2)24-27-12(19)3)9-16-20(17)23-21(22-16)13-5-6-13;2*1-10-4-7-17(25)24(10)16-9-14(18-11(2)23-26-12(18)3)8-15-19(16)22-20(21-15)13-5-6-13/h3-11,14-15,19H,12-13H2,1-2H3,(H,28,29);9-10,13,15H,4-8H2,1-3H3,(H,22,23);2*8-10,13H,4-7H2,1-3H3,(H,21,22)/t;;10-;/m..1./s1. The summed E-state index contributed by atoms with van der Waals surface area (Å²) in [5, 5.41) is 16.5. The average molecular weight is 1470 g/mol. The van der Waals surface area contributed by atoms with Gasteiger partial charge in [0, 0.05) is 88.9 Å². The van der Waals surface area contributed by atoms with Gasteiger partial charge < -0.3 is 52.7 Å². The van der Waals surface area contributed by atoms with Crippen LogP contribution in [0.4, 0.5) is 17.1 Å². The highest BCUT2D eigenvalue weighted by Gasteiger charge is 2.39. The molecule has 14 aromatic rings. The van der Waals surface area contributed by atoms with Crippen molar-refractivity contribution in [3.63, 3.8) is 0 Å². The second kappa shape index (κ2) is 27.8. The van der Waals surface area contributed by atoms with E-state index in [-0.39, 0.29) is 35.8 Å². The van der Waals surface area contributed by atoms with Gasteiger partial charge in [0.2, 0.25) is 17.7 Å². The SMILES string of the molecule is CCC1CCC(=O)N1c1cc(-c2c(C)noc2C)cc2[nH]c(C3CC3)nc12.Cc1noc(C)c1-c1cc(-c2ccccc2-c2ccccc2)c2nc(C3CC3)[nH]c2c1.Cc1noc(C)c1-c1cc(N2C(=O)CCC2C)c2nc(C3CC3)[nH]c2c1.Cc1noc(C)c1-c1cc(N2C(=O)CC[C@H]2C)c2nc(C3CC3)[nH]c2c1. The molecule has 2 unspecified atom stereocenters. The molecule has 7 aliphatic rings. The second-order valence-electron chi connectivity index (χ2n) is 31.6. The highest BCUT2D eigenvalue weighted by molar-refractivity contribution is 6.08. The van der Waals surface area contributed by atoms with Crippen LogP contribution in [0, 0.1) is 55.4 Å². The molecule has 7 fully saturated rings. The molecule has 4 saturated carbocycles. The van der Waals surface area contributed by atoms with Gasteiger partial charge in [0.05, 0.1) is 67.4 Å². The highest BCUT2D eigenvalue weighted by atomic mass is 16.5. The summed E-state index contributed by atoms with van der Waals surface area (Å²) in [7, 11) is 0. The molecule has 0 bridgehead atoms. The fourth-order valence-electron chi connectivity index (χ4n) is 17.1. The van der Waals surface area contributed by atoms with Crippen molar-refractivity contribution in [2.75, 3.05) is 14.7 Å². The lowest BCUT2D eigenvalue weighted by Gasteiger charge is -2.25. The first kappa shape index (κ1) is 70.1. The van der Waals surface area contributed by atoms with Gasteiger partial charge in [-0.2, -0.15) is 0 Å². The number of benzene rings is 6. The molecule has 0 radical (unpaired) electrons. The molecule has 3 atom stereocenters. The van der Waals surface area contributed by atoms with E-state index in [1.807, 2.05) is 70.1 Å². The van der Waals surface area contributed by atoms with Gasteiger partial charge in [0.25, 0.3) is 0 Å². The second-order valence-corrected chi connectivity index (χ2v) is 31.6. The Morgan fingerprint density at radius 2 is 0.673 bits per heavy atom. The van der Waals surface area contributed by atoms with Crippen molar-refractivity contribution in [3.8, 4) is 66.8 Å². The van der Waals surface area contributed by atoms with Crippen LogP contribution < -0.4 is 14.7 Å². The Morgan fingerprint density at radius 3 is 1.01 bits per heavy atom. The minimum absolute atomic E-state index is 0.172. The molecule has 6 aromatic carbocycles. The third-order valence-electron chi connectivity index (χ3n) is 23.4. The van der Waals surface area contributed by atoms with Crippen LogP contribution in [0.25, 0.3) is 111 Å². The van der Waals surface area contributed by atoms with Crippen molar-refractivity contribution in [1.82, 2.24) is 60.5 Å². The quantitative estimate of drug-likeness (QED) is 0.0787. The number of nitrogens with zero attached hydrogens (tertiary/aromatic N) is 11. The van der Waals surface area contributed by atoms with Crippen LogP contribution in [0.1, 0.15) is 210 Å². The maximum atomic E-state index is 12.7. The lowest BCUT2D eigenvalue weighted by atomic mass is 9.91. The Balaban J connectivity index is 0.000000103. The van der Waals surface area contributed by atoms with E-state index in [4.69, 9.17) is 38.0 Å². The zero-order valence-corrected chi connectivity index (χ0v) is 64.2. The van der Waals surface area contributed by atoms with E-state index in [0.717, 1.165) is 206 Å². The fourth-order valence-corrected chi connectivity index (χ4v) is 17.1. The summed E-state index contributed by atoms with van der Waals surface area (Å²) in [6.45, 7) is 21.9. The molecule has 8 aromatic heterocycles. The van der Waals surface area contributed by atoms with Crippen molar-refractivity contribution >= 4 is 78.9 Å². The minimum atomic E-state index is 0.172. The number of imidazole rings is 4. The molecule has 4 aliphatic carbocycles. The number of rotatable bonds is 14. The molecule has 3 aliphatic heterocycles. The Bertz CT molecular complexity index is 5700. The first-order valence-corrected chi connectivity index (χ1v) is 39.3. The number of hydrogen-bond acceptors (Lipinski definition) is 15. The smallest absolute Gasteiger partial charge is 0.227 e. The molecular weight excluding hydrogens is 1380 g/mol. The van der Waals surface area contributed by atoms with Gasteiger partial charge >= 0.3 is 0 Å². The van der Waals surface area contributed by atoms with E-state index in [0.29, 0.717) is 42.9 Å². The van der Waals surface area contributed by atoms with Gasteiger partial charge in [-0.15, -0.1) is 0 Å². The summed E-state index contributed by atoms with van der Waals surface area (Å²) in [6, 6.07) is 36.8. The van der Waals surface area contributed by atoms with E-state index < -0.39 is 0 Å². The van der Waals surface area contributed by atoms with Crippen LogP contribution >= 0.6 is 0 Å². The molecule has 22 heteroatoms. The van der Waals surface area contributed by atoms with Gasteiger partial charge in [0.1, 0.15) is 62.9 Å². The number of amides is 3. The van der Waals surface area contributed by atoms with Crippen molar-refractivity contribution < 1.29 is 32.5 Å². The van der Waals surface area contributed by atoms with E-state index in [1.165, 1.54) is 68.1 Å². The monoisotopic (exact) mass is 1470 g/mol. The minimum Gasteiger partial charge on any atom is -0.361 e. The number of hydrogen-bond donors (Lipinski definition) is 4. The molecular formula is C88H91N15O7. The topological polar surface area (TPSA) is 280 Å². The van der Waals surface area contributed by atoms with E-state index in [1.54, 1.807) is 0 Å². The summed E-state index contributed by atoms with van der Waals surface area (Å²) < 4.78 is 21.6. The van der Waals surface area contributed by atoms with Crippen LogP contribution in [0.3, 0.4) is 0 Å². The summed E-state index contributed by atoms with van der Waals surface area (Å²) in [4.78, 5) is 77.5. The normalized spacial score (nSPS) is 18.5. The van der Waals surface area contributed by atoms with E-state index >= 15 is 0 Å². The van der Waals surface area contributed by atoms with Crippen LogP contribution in [0.5, 0.6) is 0 Å². The van der Waals surface area contributed by atoms with Gasteiger partial charge in [-0.05, 0) is 234 Å². The van der Waals surface area contributed by atoms with Crippen molar-refractivity contribution in [3.05, 3.63) is 172 Å². The van der Waals surface area contributed by atoms with Gasteiger partial charge in [-0.3, -0.25) is 14.4 Å². The number of carbonyl (C=O) groups is 3. The number of aryl methyl sites for hydroxylation is 8. The fraction of sp³-hybridized carbons (Fsp3) is 0.375. The number of anilines is 3. The van der Waals surface area contributed by atoms with Gasteiger partial charge in [-0.25, -0.2) is 19.9 Å². The first-order chi connectivity index (χ1) is 53.3. The largest absolute Gasteiger partial charge is 0.361 e. The number of aromatic amines is 4. The Labute approximate surface area is 636 Å². The zero-order valence-electron chi connectivity index (χ0n) is 64.2. The molecule has 22 nitrogen and oxygen atoms in total. The maximum absolute atomic E-state index is 12.7. The number of aromatic nitrogens is 12. The molecule has 11 heterocycles. The summed E-state index contributed by atoms with van der Waals surface area (Å²) >= 11 is 0. The number of carbonyl (C=O) groups excluding carboxylic acids is 3. The van der Waals surface area contributed by atoms with Crippen LogP contribution in [0.2, 0.25) is 0 Å². The summed E-state index contributed by atoms with van der Waals surface area (Å²) in [6.07, 6.45) is 15.0. The average Bonchev–Trinajstić information content (AvgIpc) is 1.66. The summed E-state index contributed by atoms with van der Waals surface area (Å²) in [5.74, 6) is 10.1. The van der Waals surface area contributed by atoms with Gasteiger partial charge in [-0.1, -0.05) is 82.1 Å². The Kier molecular flexibility index (Phi) is 17.8. The molecule has 0 spiro atoms. The molecule has 4 N–H and O–H groups in total. The number of H-pyrrole nitrogens is 4. The number of nitrogens with one attached hydrogen (secondary N) is 4. The predicted octanol–water partition coefficient (Wildman–Crippen LogP) is 20.1. The highest BCUT2D eigenvalue weighted by Crippen LogP contribution is 2.49. The maximum Gasteiger partial charge on any atom is 0.227 e. The number of fused-ring (bicyclic) bond motifs is 4. The van der Waals surface area contributed by atoms with Crippen LogP contribution in [0.15, 0.2) is 121 Å². The summed E-state index contributed by atoms with van der Waals surface area (Å²) in [5.41, 5.74) is 26.8. The molecule has 110 heavy (non-hydrogen) atoms. The van der Waals surface area contributed by atoms with E-state index in [9.17, 15) is 14.4 Å². The zero-order chi connectivity index (χ0) is 75.7. The van der Waals surface area contributed by atoms with Gasteiger partial charge in [0.15, 0.2) is 0 Å². The predicted molar refractivity (Wildman–Crippen MR) is 426 cm³/mol. The van der Waals surface area contributed by atoms with Crippen molar-refractivity contribution in [1.29, 1.82) is 0 Å². The Morgan fingerprint density at radius 1 is 0.355 bits per heavy atom. The van der Waals surface area contributed by atoms with Crippen molar-refractivity contribution in [2.45, 2.75) is 214 Å². The molecule has 560 valence electrons. The third kappa shape index (κ3) is 13.0. The molecule has 21 rings (SSSR count). The third-order valence-corrected chi connectivity index (χ3v) is 23.4.